The lowest BCUT2D eigenvalue weighted by molar-refractivity contribution is 0.131. The monoisotopic (exact) mass is 240 g/mol. The minimum Gasteiger partial charge on any atom is -0.318 e. The molecule has 2 heterocycles. The molecule has 0 amide bonds. The summed E-state index contributed by atoms with van der Waals surface area (Å²) in [6, 6.07) is 0.785. The lowest BCUT2D eigenvalue weighted by atomic mass is 10.2. The van der Waals surface area contributed by atoms with Crippen molar-refractivity contribution in [3.63, 3.8) is 0 Å². The van der Waals surface area contributed by atoms with Crippen LogP contribution in [0.1, 0.15) is 12.8 Å². The fraction of sp³-hybridized carbons (Fsp3) is 1.00. The Hall–Kier alpha value is -0.160. The quantitative estimate of drug-likeness (QED) is 0.725. The SMILES string of the molecule is CNCC1CCCN1CCN1CCN(C)CC1. The highest BCUT2D eigenvalue weighted by Gasteiger charge is 2.24. The third-order valence-corrected chi connectivity index (χ3v) is 4.24. The maximum absolute atomic E-state index is 3.32. The standard InChI is InChI=1S/C13H28N4/c1-14-12-13-4-3-5-17(13)11-10-16-8-6-15(2)7-9-16/h13-14H,3-12H2,1-2H3. The zero-order chi connectivity index (χ0) is 12.1. The van der Waals surface area contributed by atoms with Crippen molar-refractivity contribution in [3.8, 4) is 0 Å². The smallest absolute Gasteiger partial charge is 0.0221 e. The van der Waals surface area contributed by atoms with Crippen molar-refractivity contribution in [2.45, 2.75) is 18.9 Å². The number of hydrogen-bond donors (Lipinski definition) is 1. The van der Waals surface area contributed by atoms with Crippen LogP contribution in [-0.4, -0.2) is 87.2 Å². The predicted octanol–water partition coefficient (Wildman–Crippen LogP) is -0.0824. The van der Waals surface area contributed by atoms with Gasteiger partial charge < -0.3 is 10.2 Å². The van der Waals surface area contributed by atoms with Crippen LogP contribution in [0.15, 0.2) is 0 Å². The van der Waals surface area contributed by atoms with Gasteiger partial charge in [-0.15, -0.1) is 0 Å². The average Bonchev–Trinajstić information content (AvgIpc) is 2.77. The number of likely N-dealkylation sites (tertiary alicyclic amines) is 1. The average molecular weight is 240 g/mol. The maximum Gasteiger partial charge on any atom is 0.0221 e. The van der Waals surface area contributed by atoms with E-state index in [1.165, 1.54) is 58.7 Å². The fourth-order valence-electron chi connectivity index (χ4n) is 3.00. The number of likely N-dealkylation sites (N-methyl/N-ethyl adjacent to an activating group) is 2. The zero-order valence-corrected chi connectivity index (χ0v) is 11.5. The van der Waals surface area contributed by atoms with Crippen LogP contribution in [0.2, 0.25) is 0 Å². The van der Waals surface area contributed by atoms with E-state index in [0.29, 0.717) is 0 Å². The van der Waals surface area contributed by atoms with Crippen molar-refractivity contribution in [2.75, 3.05) is 66.5 Å². The second kappa shape index (κ2) is 6.69. The third-order valence-electron chi connectivity index (χ3n) is 4.24. The number of nitrogens with one attached hydrogen (secondary N) is 1. The Morgan fingerprint density at radius 3 is 2.53 bits per heavy atom. The molecule has 2 aliphatic heterocycles. The Morgan fingerprint density at radius 1 is 1.06 bits per heavy atom. The summed E-state index contributed by atoms with van der Waals surface area (Å²) in [5.41, 5.74) is 0. The molecule has 0 spiro atoms. The van der Waals surface area contributed by atoms with Crippen molar-refractivity contribution in [2.24, 2.45) is 0 Å². The molecule has 0 radical (unpaired) electrons. The van der Waals surface area contributed by atoms with Crippen LogP contribution in [0, 0.1) is 0 Å². The van der Waals surface area contributed by atoms with Crippen LogP contribution in [0.3, 0.4) is 0 Å². The molecule has 1 atom stereocenters. The van der Waals surface area contributed by atoms with Gasteiger partial charge >= 0.3 is 0 Å². The lowest BCUT2D eigenvalue weighted by Gasteiger charge is -2.34. The van der Waals surface area contributed by atoms with Crippen LogP contribution in [0.25, 0.3) is 0 Å². The molecule has 2 aliphatic rings. The largest absolute Gasteiger partial charge is 0.318 e. The second-order valence-corrected chi connectivity index (χ2v) is 5.53. The van der Waals surface area contributed by atoms with Gasteiger partial charge in [-0.2, -0.15) is 0 Å². The van der Waals surface area contributed by atoms with Crippen LogP contribution >= 0.6 is 0 Å². The van der Waals surface area contributed by atoms with Crippen molar-refractivity contribution in [3.05, 3.63) is 0 Å². The molecule has 0 aromatic carbocycles. The van der Waals surface area contributed by atoms with Gasteiger partial charge in [0.05, 0.1) is 0 Å². The molecule has 1 unspecified atom stereocenters. The Balaban J connectivity index is 1.67. The molecule has 4 nitrogen and oxygen atoms in total. The highest BCUT2D eigenvalue weighted by Crippen LogP contribution is 2.16. The first-order valence-electron chi connectivity index (χ1n) is 7.09. The normalized spacial score (nSPS) is 28.9. The molecule has 0 aliphatic carbocycles. The summed E-state index contributed by atoms with van der Waals surface area (Å²) in [6.07, 6.45) is 2.76. The molecule has 4 heteroatoms. The summed E-state index contributed by atoms with van der Waals surface area (Å²) >= 11 is 0. The summed E-state index contributed by atoms with van der Waals surface area (Å²) in [5.74, 6) is 0. The summed E-state index contributed by atoms with van der Waals surface area (Å²) in [7, 11) is 4.29. The van der Waals surface area contributed by atoms with Gasteiger partial charge in [0.2, 0.25) is 0 Å². The van der Waals surface area contributed by atoms with Crippen LogP contribution < -0.4 is 5.32 Å². The van der Waals surface area contributed by atoms with E-state index < -0.39 is 0 Å². The molecule has 2 rings (SSSR count). The first-order chi connectivity index (χ1) is 8.29. The summed E-state index contributed by atoms with van der Waals surface area (Å²) in [6.45, 7) is 9.95. The lowest BCUT2D eigenvalue weighted by Crippen LogP contribution is -2.48. The van der Waals surface area contributed by atoms with Gasteiger partial charge in [0, 0.05) is 51.9 Å². The van der Waals surface area contributed by atoms with Gasteiger partial charge in [-0.25, -0.2) is 0 Å². The Morgan fingerprint density at radius 2 is 1.82 bits per heavy atom. The molecule has 0 bridgehead atoms. The fourth-order valence-corrected chi connectivity index (χ4v) is 3.00. The third kappa shape index (κ3) is 3.91. The van der Waals surface area contributed by atoms with Crippen LogP contribution in [0.5, 0.6) is 0 Å². The molecule has 17 heavy (non-hydrogen) atoms. The van der Waals surface area contributed by atoms with E-state index in [-0.39, 0.29) is 0 Å². The molecule has 0 aromatic rings. The summed E-state index contributed by atoms with van der Waals surface area (Å²) in [4.78, 5) is 7.72. The van der Waals surface area contributed by atoms with E-state index in [1.807, 2.05) is 0 Å². The van der Waals surface area contributed by atoms with Gasteiger partial charge in [-0.05, 0) is 33.5 Å². The predicted molar refractivity (Wildman–Crippen MR) is 72.5 cm³/mol. The summed E-state index contributed by atoms with van der Waals surface area (Å²) in [5, 5.41) is 3.32. The van der Waals surface area contributed by atoms with Crippen molar-refractivity contribution < 1.29 is 0 Å². The first kappa shape index (κ1) is 13.3. The highest BCUT2D eigenvalue weighted by molar-refractivity contribution is 4.81. The van der Waals surface area contributed by atoms with E-state index in [9.17, 15) is 0 Å². The molecule has 100 valence electrons. The van der Waals surface area contributed by atoms with Gasteiger partial charge in [0.15, 0.2) is 0 Å². The van der Waals surface area contributed by atoms with E-state index in [0.717, 1.165) is 12.6 Å². The van der Waals surface area contributed by atoms with Gasteiger partial charge in [0.25, 0.3) is 0 Å². The van der Waals surface area contributed by atoms with Gasteiger partial charge in [-0.3, -0.25) is 9.80 Å². The zero-order valence-electron chi connectivity index (χ0n) is 11.5. The van der Waals surface area contributed by atoms with E-state index in [1.54, 1.807) is 0 Å². The van der Waals surface area contributed by atoms with Crippen molar-refractivity contribution in [1.29, 1.82) is 0 Å². The number of nitrogens with zero attached hydrogens (tertiary/aromatic N) is 3. The molecule has 0 aromatic heterocycles. The molecular weight excluding hydrogens is 212 g/mol. The number of hydrogen-bond acceptors (Lipinski definition) is 4. The van der Waals surface area contributed by atoms with Crippen molar-refractivity contribution >= 4 is 0 Å². The van der Waals surface area contributed by atoms with Gasteiger partial charge in [0.1, 0.15) is 0 Å². The Bertz CT molecular complexity index is 213. The van der Waals surface area contributed by atoms with Gasteiger partial charge in [-0.1, -0.05) is 0 Å². The second-order valence-electron chi connectivity index (χ2n) is 5.53. The van der Waals surface area contributed by atoms with Crippen LogP contribution in [-0.2, 0) is 0 Å². The minimum absolute atomic E-state index is 0.785. The molecule has 1 N–H and O–H groups in total. The van der Waals surface area contributed by atoms with E-state index >= 15 is 0 Å². The minimum atomic E-state index is 0.785. The Labute approximate surface area is 106 Å². The van der Waals surface area contributed by atoms with Crippen molar-refractivity contribution in [1.82, 2.24) is 20.0 Å². The van der Waals surface area contributed by atoms with Crippen LogP contribution in [0.4, 0.5) is 0 Å². The topological polar surface area (TPSA) is 21.8 Å². The molecule has 0 saturated carbocycles. The molecule has 2 saturated heterocycles. The highest BCUT2D eigenvalue weighted by atomic mass is 15.3. The number of piperazine rings is 1. The first-order valence-corrected chi connectivity index (χ1v) is 7.09. The van der Waals surface area contributed by atoms with E-state index in [2.05, 4.69) is 34.1 Å². The molecular formula is C13H28N4. The maximum atomic E-state index is 3.32. The number of rotatable bonds is 5. The molecule has 2 fully saturated rings. The Kier molecular flexibility index (Phi) is 5.22. The van der Waals surface area contributed by atoms with E-state index in [4.69, 9.17) is 0 Å². The summed E-state index contributed by atoms with van der Waals surface area (Å²) < 4.78 is 0.